The van der Waals surface area contributed by atoms with Crippen LogP contribution in [0.3, 0.4) is 0 Å². The fourth-order valence-electron chi connectivity index (χ4n) is 2.94. The highest BCUT2D eigenvalue weighted by atomic mass is 32.2. The van der Waals surface area contributed by atoms with Gasteiger partial charge in [0.1, 0.15) is 0 Å². The third-order valence-corrected chi connectivity index (χ3v) is 6.76. The number of benzene rings is 1. The second kappa shape index (κ2) is 5.45. The number of oxazole rings is 1. The number of fused-ring (bicyclic) bond motifs is 2. The molecule has 0 aliphatic heterocycles. The number of aryl methyl sites for hydroxylation is 3. The van der Waals surface area contributed by atoms with Gasteiger partial charge in [0.25, 0.3) is 10.0 Å². The molecule has 7 nitrogen and oxygen atoms in total. The molecule has 0 spiro atoms. The Balaban J connectivity index is 1.73. The summed E-state index contributed by atoms with van der Waals surface area (Å²) in [5.74, 6) is -0.612. The molecule has 0 radical (unpaired) electrons. The van der Waals surface area contributed by atoms with E-state index in [0.29, 0.717) is 16.2 Å². The van der Waals surface area contributed by atoms with Crippen LogP contribution in [0.15, 0.2) is 26.2 Å². The quantitative estimate of drug-likeness (QED) is 0.742. The number of hydrogen-bond acceptors (Lipinski definition) is 6. The summed E-state index contributed by atoms with van der Waals surface area (Å²) in [6.07, 6.45) is 4.05. The third kappa shape index (κ3) is 2.63. The Labute approximate surface area is 141 Å². The minimum atomic E-state index is -3.80. The van der Waals surface area contributed by atoms with Crippen molar-refractivity contribution in [3.05, 3.63) is 38.8 Å². The molecule has 4 rings (SSSR count). The fraction of sp³-hybridized carbons (Fsp3) is 0.333. The van der Waals surface area contributed by atoms with Crippen LogP contribution < -0.4 is 10.5 Å². The minimum Gasteiger partial charge on any atom is -0.408 e. The van der Waals surface area contributed by atoms with Gasteiger partial charge in [0.15, 0.2) is 10.7 Å². The molecule has 0 unspecified atom stereocenters. The first-order chi connectivity index (χ1) is 11.4. The number of rotatable bonds is 3. The monoisotopic (exact) mass is 365 g/mol. The number of anilines is 1. The SMILES string of the molecule is Cc1cc2[nH]c(=O)oc2cc1S(=O)(=O)Nc1nc2c(s1)CCCC2. The Morgan fingerprint density at radius 1 is 1.29 bits per heavy atom. The normalized spacial score (nSPS) is 14.7. The molecule has 126 valence electrons. The first kappa shape index (κ1) is 15.4. The second-order valence-corrected chi connectivity index (χ2v) is 8.56. The van der Waals surface area contributed by atoms with Crippen LogP contribution in [0.5, 0.6) is 0 Å². The summed E-state index contributed by atoms with van der Waals surface area (Å²) < 4.78 is 32.9. The van der Waals surface area contributed by atoms with Crippen LogP contribution in [-0.4, -0.2) is 18.4 Å². The number of aromatic nitrogens is 2. The van der Waals surface area contributed by atoms with Crippen LogP contribution in [0.1, 0.15) is 29.0 Å². The molecule has 0 bridgehead atoms. The van der Waals surface area contributed by atoms with E-state index in [4.69, 9.17) is 4.42 Å². The molecule has 2 heterocycles. The van der Waals surface area contributed by atoms with Gasteiger partial charge in [-0.15, -0.1) is 11.3 Å². The van der Waals surface area contributed by atoms with Crippen molar-refractivity contribution in [2.45, 2.75) is 37.5 Å². The maximum Gasteiger partial charge on any atom is 0.417 e. The number of H-pyrrole nitrogens is 1. The van der Waals surface area contributed by atoms with Gasteiger partial charge in [-0.1, -0.05) is 0 Å². The lowest BCUT2D eigenvalue weighted by molar-refractivity contribution is 0.554. The standard InChI is InChI=1S/C15H15N3O4S2/c1-8-6-10-11(22-15(19)17-10)7-13(8)24(20,21)18-14-16-9-4-2-3-5-12(9)23-14/h6-7H,2-5H2,1H3,(H,16,18)(H,17,19). The second-order valence-electron chi connectivity index (χ2n) is 5.83. The molecule has 1 aliphatic rings. The topological polar surface area (TPSA) is 105 Å². The Morgan fingerprint density at radius 2 is 2.08 bits per heavy atom. The number of thiazole rings is 1. The first-order valence-electron chi connectivity index (χ1n) is 7.57. The smallest absolute Gasteiger partial charge is 0.408 e. The van der Waals surface area contributed by atoms with Gasteiger partial charge in [0.2, 0.25) is 0 Å². The molecule has 0 fully saturated rings. The van der Waals surface area contributed by atoms with E-state index in [-0.39, 0.29) is 10.5 Å². The van der Waals surface area contributed by atoms with E-state index < -0.39 is 15.8 Å². The van der Waals surface area contributed by atoms with Gasteiger partial charge in [0, 0.05) is 10.9 Å². The highest BCUT2D eigenvalue weighted by Crippen LogP contribution is 2.31. The molecular formula is C15H15N3O4S2. The van der Waals surface area contributed by atoms with Gasteiger partial charge in [-0.25, -0.2) is 18.2 Å². The van der Waals surface area contributed by atoms with Gasteiger partial charge in [-0.2, -0.15) is 0 Å². The van der Waals surface area contributed by atoms with Gasteiger partial charge in [-0.05, 0) is 44.2 Å². The lowest BCUT2D eigenvalue weighted by Crippen LogP contribution is -2.14. The molecule has 1 aliphatic carbocycles. The molecular weight excluding hydrogens is 350 g/mol. The average molecular weight is 365 g/mol. The van der Waals surface area contributed by atoms with Crippen molar-refractivity contribution < 1.29 is 12.8 Å². The number of aromatic amines is 1. The molecule has 2 N–H and O–H groups in total. The van der Waals surface area contributed by atoms with E-state index in [1.165, 1.54) is 17.4 Å². The van der Waals surface area contributed by atoms with Crippen LogP contribution in [0.2, 0.25) is 0 Å². The Kier molecular flexibility index (Phi) is 3.50. The van der Waals surface area contributed by atoms with Crippen molar-refractivity contribution in [3.8, 4) is 0 Å². The summed E-state index contributed by atoms with van der Waals surface area (Å²) in [5.41, 5.74) is 2.20. The Morgan fingerprint density at radius 3 is 2.88 bits per heavy atom. The molecule has 0 saturated heterocycles. The Hall–Kier alpha value is -2.13. The van der Waals surface area contributed by atoms with E-state index in [0.717, 1.165) is 36.3 Å². The number of hydrogen-bond donors (Lipinski definition) is 2. The molecule has 0 amide bonds. The van der Waals surface area contributed by atoms with E-state index in [2.05, 4.69) is 14.7 Å². The summed E-state index contributed by atoms with van der Waals surface area (Å²) in [5, 5.41) is 0.386. The van der Waals surface area contributed by atoms with Crippen molar-refractivity contribution >= 4 is 37.6 Å². The van der Waals surface area contributed by atoms with Crippen molar-refractivity contribution in [1.82, 2.24) is 9.97 Å². The van der Waals surface area contributed by atoms with Crippen molar-refractivity contribution in [3.63, 3.8) is 0 Å². The van der Waals surface area contributed by atoms with Crippen LogP contribution in [-0.2, 0) is 22.9 Å². The lowest BCUT2D eigenvalue weighted by Gasteiger charge is -2.08. The summed E-state index contributed by atoms with van der Waals surface area (Å²) in [6.45, 7) is 1.67. The third-order valence-electron chi connectivity index (χ3n) is 4.07. The van der Waals surface area contributed by atoms with Crippen molar-refractivity contribution in [2.24, 2.45) is 0 Å². The molecule has 24 heavy (non-hydrogen) atoms. The summed E-state index contributed by atoms with van der Waals surface area (Å²) in [7, 11) is -3.80. The van der Waals surface area contributed by atoms with Gasteiger partial charge < -0.3 is 4.42 Å². The van der Waals surface area contributed by atoms with E-state index in [9.17, 15) is 13.2 Å². The average Bonchev–Trinajstić information content (AvgIpc) is 3.06. The first-order valence-corrected chi connectivity index (χ1v) is 9.87. The maximum atomic E-state index is 12.7. The van der Waals surface area contributed by atoms with Crippen molar-refractivity contribution in [2.75, 3.05) is 4.72 Å². The molecule has 2 aromatic heterocycles. The van der Waals surface area contributed by atoms with Crippen LogP contribution >= 0.6 is 11.3 Å². The van der Waals surface area contributed by atoms with Crippen molar-refractivity contribution in [1.29, 1.82) is 0 Å². The molecule has 0 saturated carbocycles. The molecule has 0 atom stereocenters. The van der Waals surface area contributed by atoms with Crippen LogP contribution in [0, 0.1) is 6.92 Å². The van der Waals surface area contributed by atoms with E-state index in [1.54, 1.807) is 13.0 Å². The van der Waals surface area contributed by atoms with Crippen LogP contribution in [0.25, 0.3) is 11.1 Å². The summed E-state index contributed by atoms with van der Waals surface area (Å²) in [6, 6.07) is 2.94. The minimum absolute atomic E-state index is 0.0749. The largest absolute Gasteiger partial charge is 0.417 e. The lowest BCUT2D eigenvalue weighted by atomic mass is 10.0. The maximum absolute atomic E-state index is 12.7. The van der Waals surface area contributed by atoms with Gasteiger partial charge >= 0.3 is 5.76 Å². The predicted octanol–water partition coefficient (Wildman–Crippen LogP) is 2.57. The highest BCUT2D eigenvalue weighted by Gasteiger charge is 2.22. The highest BCUT2D eigenvalue weighted by molar-refractivity contribution is 7.93. The molecule has 1 aromatic carbocycles. The van der Waals surface area contributed by atoms with Crippen LogP contribution in [0.4, 0.5) is 5.13 Å². The molecule has 3 aromatic rings. The summed E-state index contributed by atoms with van der Waals surface area (Å²) in [4.78, 5) is 19.4. The van der Waals surface area contributed by atoms with E-state index in [1.807, 2.05) is 0 Å². The summed E-state index contributed by atoms with van der Waals surface area (Å²) >= 11 is 1.39. The number of sulfonamides is 1. The molecule has 9 heteroatoms. The predicted molar refractivity (Wildman–Crippen MR) is 91.1 cm³/mol. The van der Waals surface area contributed by atoms with Gasteiger partial charge in [-0.3, -0.25) is 9.71 Å². The fourth-order valence-corrected chi connectivity index (χ4v) is 5.47. The zero-order chi connectivity index (χ0) is 16.9. The number of nitrogens with zero attached hydrogens (tertiary/aromatic N) is 1. The Bertz CT molecular complexity index is 1070. The van der Waals surface area contributed by atoms with E-state index >= 15 is 0 Å². The zero-order valence-corrected chi connectivity index (χ0v) is 14.5. The zero-order valence-electron chi connectivity index (χ0n) is 12.9. The number of nitrogens with one attached hydrogen (secondary N) is 2. The van der Waals surface area contributed by atoms with Gasteiger partial charge in [0.05, 0.1) is 16.1 Å².